The summed E-state index contributed by atoms with van der Waals surface area (Å²) in [6.07, 6.45) is 1.66. The van der Waals surface area contributed by atoms with Gasteiger partial charge in [-0.2, -0.15) is 0 Å². The highest BCUT2D eigenvalue weighted by atomic mass is 16.5. The number of benzene rings is 2. The van der Waals surface area contributed by atoms with Crippen LogP contribution in [-0.2, 0) is 12.8 Å². The van der Waals surface area contributed by atoms with E-state index in [0.717, 1.165) is 43.2 Å². The van der Waals surface area contributed by atoms with Crippen molar-refractivity contribution in [3.05, 3.63) is 65.2 Å². The van der Waals surface area contributed by atoms with E-state index in [1.165, 1.54) is 5.56 Å². The minimum absolute atomic E-state index is 0.0674. The molecule has 0 fully saturated rings. The van der Waals surface area contributed by atoms with Crippen LogP contribution in [0.3, 0.4) is 0 Å². The number of hydrogen-bond acceptors (Lipinski definition) is 3. The lowest BCUT2D eigenvalue weighted by Crippen LogP contribution is -2.38. The first-order valence-corrected chi connectivity index (χ1v) is 9.62. The fourth-order valence-electron chi connectivity index (χ4n) is 2.80. The molecule has 0 saturated heterocycles. The minimum Gasteiger partial charge on any atom is -0.497 e. The maximum Gasteiger partial charge on any atom is 0.251 e. The predicted octanol–water partition coefficient (Wildman–Crippen LogP) is 2.40. The van der Waals surface area contributed by atoms with Crippen LogP contribution < -0.4 is 20.7 Å². The number of aliphatic imine (C=N–C) groups is 1. The molecular formula is C22H30N4O2. The van der Waals surface area contributed by atoms with E-state index in [-0.39, 0.29) is 5.91 Å². The van der Waals surface area contributed by atoms with Crippen molar-refractivity contribution in [3.8, 4) is 5.75 Å². The lowest BCUT2D eigenvalue weighted by Gasteiger charge is -2.12. The molecule has 3 N–H and O–H groups in total. The number of nitrogens with zero attached hydrogens (tertiary/aromatic N) is 1. The van der Waals surface area contributed by atoms with Crippen molar-refractivity contribution in [3.63, 3.8) is 0 Å². The topological polar surface area (TPSA) is 74.8 Å². The van der Waals surface area contributed by atoms with Crippen molar-refractivity contribution < 1.29 is 9.53 Å². The Kier molecular flexibility index (Phi) is 8.85. The lowest BCUT2D eigenvalue weighted by atomic mass is 10.1. The molecule has 2 aromatic rings. The minimum atomic E-state index is -0.0674. The van der Waals surface area contributed by atoms with Crippen LogP contribution in [0.5, 0.6) is 5.75 Å². The van der Waals surface area contributed by atoms with Crippen LogP contribution in [0.15, 0.2) is 53.5 Å². The van der Waals surface area contributed by atoms with Gasteiger partial charge >= 0.3 is 0 Å². The Morgan fingerprint density at radius 1 is 1.04 bits per heavy atom. The zero-order valence-electron chi connectivity index (χ0n) is 16.9. The van der Waals surface area contributed by atoms with Gasteiger partial charge in [-0.15, -0.1) is 0 Å². The van der Waals surface area contributed by atoms with E-state index >= 15 is 0 Å². The number of guanidine groups is 1. The molecule has 150 valence electrons. The molecular weight excluding hydrogens is 352 g/mol. The van der Waals surface area contributed by atoms with Crippen molar-refractivity contribution in [1.29, 1.82) is 0 Å². The average molecular weight is 383 g/mol. The van der Waals surface area contributed by atoms with Gasteiger partial charge in [0.05, 0.1) is 7.11 Å². The van der Waals surface area contributed by atoms with Gasteiger partial charge in [-0.05, 0) is 55.2 Å². The molecule has 0 spiro atoms. The number of carbonyl (C=O) groups is 1. The molecule has 0 aromatic heterocycles. The number of carbonyl (C=O) groups excluding carboxylic acids is 1. The Bertz CT molecular complexity index is 790. The van der Waals surface area contributed by atoms with Crippen LogP contribution in [0.2, 0.25) is 0 Å². The van der Waals surface area contributed by atoms with Crippen LogP contribution in [0.4, 0.5) is 0 Å². The van der Waals surface area contributed by atoms with Gasteiger partial charge in [0, 0.05) is 32.2 Å². The highest BCUT2D eigenvalue weighted by Crippen LogP contribution is 2.12. The lowest BCUT2D eigenvalue weighted by molar-refractivity contribution is 0.0963. The maximum absolute atomic E-state index is 11.7. The molecule has 0 atom stereocenters. The molecule has 0 heterocycles. The molecule has 6 nitrogen and oxygen atoms in total. The Morgan fingerprint density at radius 2 is 1.79 bits per heavy atom. The summed E-state index contributed by atoms with van der Waals surface area (Å²) in [5, 5.41) is 9.27. The molecule has 0 saturated carbocycles. The fourth-order valence-corrected chi connectivity index (χ4v) is 2.80. The predicted molar refractivity (Wildman–Crippen MR) is 114 cm³/mol. The summed E-state index contributed by atoms with van der Waals surface area (Å²) < 4.78 is 5.26. The van der Waals surface area contributed by atoms with Crippen molar-refractivity contribution in [1.82, 2.24) is 16.0 Å². The summed E-state index contributed by atoms with van der Waals surface area (Å²) >= 11 is 0. The number of nitrogens with one attached hydrogen (secondary N) is 3. The number of hydrogen-bond donors (Lipinski definition) is 3. The summed E-state index contributed by atoms with van der Waals surface area (Å²) in [6.45, 7) is 4.28. The standard InChI is InChI=1S/C22H30N4O2/c1-4-24-22(26-14-12-18-8-6-10-20(16-18)28-3)25-13-11-17-7-5-9-19(15-17)21(27)23-2/h5-10,15-16H,4,11-14H2,1-3H3,(H,23,27)(H2,24,25,26). The fraction of sp³-hybridized carbons (Fsp3) is 0.364. The van der Waals surface area contributed by atoms with Gasteiger partial charge in [-0.3, -0.25) is 9.79 Å². The van der Waals surface area contributed by atoms with E-state index < -0.39 is 0 Å². The van der Waals surface area contributed by atoms with E-state index in [4.69, 9.17) is 4.74 Å². The molecule has 28 heavy (non-hydrogen) atoms. The van der Waals surface area contributed by atoms with Crippen molar-refractivity contribution >= 4 is 11.9 Å². The summed E-state index contributed by atoms with van der Waals surface area (Å²) in [5.74, 6) is 1.60. The van der Waals surface area contributed by atoms with E-state index in [1.807, 2.05) is 49.4 Å². The smallest absolute Gasteiger partial charge is 0.251 e. The number of rotatable bonds is 9. The van der Waals surface area contributed by atoms with Crippen molar-refractivity contribution in [2.24, 2.45) is 4.99 Å². The van der Waals surface area contributed by atoms with Gasteiger partial charge < -0.3 is 20.7 Å². The van der Waals surface area contributed by atoms with Crippen molar-refractivity contribution in [2.45, 2.75) is 19.8 Å². The largest absolute Gasteiger partial charge is 0.497 e. The van der Waals surface area contributed by atoms with Crippen LogP contribution >= 0.6 is 0 Å². The normalized spacial score (nSPS) is 11.0. The quantitative estimate of drug-likeness (QED) is 0.460. The number of ether oxygens (including phenoxy) is 1. The molecule has 0 aliphatic heterocycles. The molecule has 6 heteroatoms. The summed E-state index contributed by atoms with van der Waals surface area (Å²) in [4.78, 5) is 16.4. The molecule has 2 rings (SSSR count). The first-order valence-electron chi connectivity index (χ1n) is 9.62. The first-order chi connectivity index (χ1) is 13.7. The average Bonchev–Trinajstić information content (AvgIpc) is 2.73. The highest BCUT2D eigenvalue weighted by Gasteiger charge is 2.04. The molecule has 0 aliphatic rings. The third-order valence-corrected chi connectivity index (χ3v) is 4.27. The Labute approximate surface area is 167 Å². The van der Waals surface area contributed by atoms with Crippen LogP contribution in [0.25, 0.3) is 0 Å². The second kappa shape index (κ2) is 11.6. The highest BCUT2D eigenvalue weighted by molar-refractivity contribution is 5.94. The summed E-state index contributed by atoms with van der Waals surface area (Å²) in [7, 11) is 3.32. The third kappa shape index (κ3) is 6.95. The number of methoxy groups -OCH3 is 1. The van der Waals surface area contributed by atoms with Gasteiger partial charge in [0.2, 0.25) is 0 Å². The van der Waals surface area contributed by atoms with Gasteiger partial charge in [0.15, 0.2) is 5.96 Å². The molecule has 1 amide bonds. The summed E-state index contributed by atoms with van der Waals surface area (Å²) in [5.41, 5.74) is 2.99. The van der Waals surface area contributed by atoms with E-state index in [1.54, 1.807) is 14.2 Å². The molecule has 0 unspecified atom stereocenters. The van der Waals surface area contributed by atoms with Crippen LogP contribution in [-0.4, -0.2) is 45.7 Å². The summed E-state index contributed by atoms with van der Waals surface area (Å²) in [6, 6.07) is 15.7. The molecule has 0 bridgehead atoms. The second-order valence-corrected chi connectivity index (χ2v) is 6.32. The zero-order valence-corrected chi connectivity index (χ0v) is 16.9. The van der Waals surface area contributed by atoms with Crippen molar-refractivity contribution in [2.75, 3.05) is 33.8 Å². The van der Waals surface area contributed by atoms with Gasteiger partial charge in [-0.25, -0.2) is 0 Å². The first kappa shape index (κ1) is 21.3. The van der Waals surface area contributed by atoms with Crippen LogP contribution in [0.1, 0.15) is 28.4 Å². The third-order valence-electron chi connectivity index (χ3n) is 4.27. The van der Waals surface area contributed by atoms with Gasteiger partial charge in [0.1, 0.15) is 5.75 Å². The molecule has 0 radical (unpaired) electrons. The Morgan fingerprint density at radius 3 is 2.50 bits per heavy atom. The maximum atomic E-state index is 11.7. The second-order valence-electron chi connectivity index (χ2n) is 6.32. The van der Waals surface area contributed by atoms with E-state index in [9.17, 15) is 4.79 Å². The van der Waals surface area contributed by atoms with Crippen LogP contribution in [0, 0.1) is 0 Å². The SMILES string of the molecule is CCNC(=NCCc1cccc(OC)c1)NCCc1cccc(C(=O)NC)c1. The number of amides is 1. The monoisotopic (exact) mass is 382 g/mol. The molecule has 0 aliphatic carbocycles. The molecule has 2 aromatic carbocycles. The zero-order chi connectivity index (χ0) is 20.2. The van der Waals surface area contributed by atoms with E-state index in [0.29, 0.717) is 12.1 Å². The van der Waals surface area contributed by atoms with Gasteiger partial charge in [-0.1, -0.05) is 24.3 Å². The van der Waals surface area contributed by atoms with Gasteiger partial charge in [0.25, 0.3) is 5.91 Å². The van der Waals surface area contributed by atoms with E-state index in [2.05, 4.69) is 27.0 Å². The Balaban J connectivity index is 1.86. The Hall–Kier alpha value is -3.02.